The Morgan fingerprint density at radius 1 is 1.10 bits per heavy atom. The van der Waals surface area contributed by atoms with Crippen molar-refractivity contribution in [2.45, 2.75) is 38.6 Å². The summed E-state index contributed by atoms with van der Waals surface area (Å²) in [6.07, 6.45) is 0. The van der Waals surface area contributed by atoms with Gasteiger partial charge in [0.25, 0.3) is 5.91 Å². The summed E-state index contributed by atoms with van der Waals surface area (Å²) in [5.41, 5.74) is 2.06. The molecular formula is C20H24ClN3O4S. The first-order valence-corrected chi connectivity index (χ1v) is 10.8. The lowest BCUT2D eigenvalue weighted by atomic mass is 10.1. The van der Waals surface area contributed by atoms with E-state index >= 15 is 0 Å². The fourth-order valence-corrected chi connectivity index (χ4v) is 4.04. The van der Waals surface area contributed by atoms with E-state index in [4.69, 9.17) is 11.6 Å². The predicted octanol–water partition coefficient (Wildman–Crippen LogP) is 3.01. The maximum atomic E-state index is 12.5. The van der Waals surface area contributed by atoms with E-state index in [0.717, 1.165) is 5.56 Å². The number of aryl methyl sites for hydroxylation is 1. The largest absolute Gasteiger partial charge is 0.343 e. The van der Waals surface area contributed by atoms with Crippen molar-refractivity contribution in [2.75, 3.05) is 11.9 Å². The van der Waals surface area contributed by atoms with Crippen molar-refractivity contribution in [1.82, 2.24) is 10.0 Å². The van der Waals surface area contributed by atoms with Gasteiger partial charge in [0.2, 0.25) is 15.9 Å². The monoisotopic (exact) mass is 437 g/mol. The highest BCUT2D eigenvalue weighted by Crippen LogP contribution is 2.22. The summed E-state index contributed by atoms with van der Waals surface area (Å²) in [5, 5.41) is 5.72. The van der Waals surface area contributed by atoms with Crippen LogP contribution in [-0.2, 0) is 14.8 Å². The normalized spacial score (nSPS) is 11.4. The number of hydrogen-bond donors (Lipinski definition) is 3. The van der Waals surface area contributed by atoms with E-state index < -0.39 is 21.8 Å². The Balaban J connectivity index is 2.09. The lowest BCUT2D eigenvalue weighted by Gasteiger charge is -2.13. The van der Waals surface area contributed by atoms with Gasteiger partial charge in [-0.25, -0.2) is 13.1 Å². The lowest BCUT2D eigenvalue weighted by molar-refractivity contribution is -0.115. The van der Waals surface area contributed by atoms with Crippen LogP contribution in [0.3, 0.4) is 0 Å². The van der Waals surface area contributed by atoms with E-state index in [1.54, 1.807) is 52.0 Å². The third-order valence-corrected chi connectivity index (χ3v) is 6.17. The molecular weight excluding hydrogens is 414 g/mol. The van der Waals surface area contributed by atoms with Crippen LogP contribution in [0, 0.1) is 13.8 Å². The van der Waals surface area contributed by atoms with E-state index in [2.05, 4.69) is 15.4 Å². The molecule has 0 atom stereocenters. The highest BCUT2D eigenvalue weighted by molar-refractivity contribution is 7.89. The number of halogens is 1. The standard InChI is InChI=1S/C20H24ClN3O4S/c1-12(2)24-29(27,28)15-9-8-13(3)16(10-15)20(26)22-11-19(25)23-18-7-5-6-17(21)14(18)4/h5-10,12,24H,11H2,1-4H3,(H,22,26)(H,23,25). The van der Waals surface area contributed by atoms with Crippen LogP contribution in [0.25, 0.3) is 0 Å². The summed E-state index contributed by atoms with van der Waals surface area (Å²) in [7, 11) is -3.73. The Hall–Kier alpha value is -2.42. The first-order chi connectivity index (χ1) is 13.5. The van der Waals surface area contributed by atoms with Crippen molar-refractivity contribution in [3.8, 4) is 0 Å². The van der Waals surface area contributed by atoms with Gasteiger partial charge < -0.3 is 10.6 Å². The van der Waals surface area contributed by atoms with Gasteiger partial charge in [-0.15, -0.1) is 0 Å². The second-order valence-electron chi connectivity index (χ2n) is 6.90. The molecule has 2 rings (SSSR count). The van der Waals surface area contributed by atoms with Crippen molar-refractivity contribution in [3.05, 3.63) is 58.1 Å². The van der Waals surface area contributed by atoms with Gasteiger partial charge in [-0.3, -0.25) is 9.59 Å². The molecule has 2 amide bonds. The van der Waals surface area contributed by atoms with Crippen molar-refractivity contribution in [1.29, 1.82) is 0 Å². The summed E-state index contributed by atoms with van der Waals surface area (Å²) in [6.45, 7) is 6.61. The number of hydrogen-bond acceptors (Lipinski definition) is 4. The average Bonchev–Trinajstić information content (AvgIpc) is 2.62. The number of rotatable bonds is 7. The molecule has 0 spiro atoms. The Bertz CT molecular complexity index is 1040. The second-order valence-corrected chi connectivity index (χ2v) is 9.02. The van der Waals surface area contributed by atoms with Gasteiger partial charge in [0.1, 0.15) is 0 Å². The Kier molecular flexibility index (Phi) is 7.40. The molecule has 0 saturated carbocycles. The highest BCUT2D eigenvalue weighted by Gasteiger charge is 2.19. The molecule has 0 heterocycles. The van der Waals surface area contributed by atoms with Crippen LogP contribution >= 0.6 is 11.6 Å². The van der Waals surface area contributed by atoms with Gasteiger partial charge in [-0.1, -0.05) is 23.7 Å². The molecule has 0 aliphatic carbocycles. The van der Waals surface area contributed by atoms with Gasteiger partial charge >= 0.3 is 0 Å². The topological polar surface area (TPSA) is 104 Å². The maximum absolute atomic E-state index is 12.5. The quantitative estimate of drug-likeness (QED) is 0.619. The van der Waals surface area contributed by atoms with E-state index in [9.17, 15) is 18.0 Å². The minimum absolute atomic E-state index is 0.0130. The smallest absolute Gasteiger partial charge is 0.252 e. The number of anilines is 1. The molecule has 9 heteroatoms. The van der Waals surface area contributed by atoms with Crippen molar-refractivity contribution >= 4 is 39.1 Å². The van der Waals surface area contributed by atoms with Gasteiger partial charge in [0.05, 0.1) is 11.4 Å². The van der Waals surface area contributed by atoms with E-state index in [1.165, 1.54) is 12.1 Å². The lowest BCUT2D eigenvalue weighted by Crippen LogP contribution is -2.34. The van der Waals surface area contributed by atoms with Crippen LogP contribution < -0.4 is 15.4 Å². The molecule has 0 radical (unpaired) electrons. The van der Waals surface area contributed by atoms with Gasteiger partial charge in [0, 0.05) is 22.3 Å². The molecule has 29 heavy (non-hydrogen) atoms. The minimum Gasteiger partial charge on any atom is -0.343 e. The van der Waals surface area contributed by atoms with Crippen LogP contribution in [0.5, 0.6) is 0 Å². The molecule has 0 aromatic heterocycles. The zero-order valence-electron chi connectivity index (χ0n) is 16.7. The van der Waals surface area contributed by atoms with Crippen LogP contribution in [-0.4, -0.2) is 32.8 Å². The number of benzene rings is 2. The second kappa shape index (κ2) is 9.39. The number of nitrogens with one attached hydrogen (secondary N) is 3. The SMILES string of the molecule is Cc1ccc(S(=O)(=O)NC(C)C)cc1C(=O)NCC(=O)Nc1cccc(Cl)c1C. The Morgan fingerprint density at radius 2 is 1.79 bits per heavy atom. The summed E-state index contributed by atoms with van der Waals surface area (Å²) >= 11 is 6.03. The van der Waals surface area contributed by atoms with Crippen LogP contribution in [0.15, 0.2) is 41.3 Å². The molecule has 3 N–H and O–H groups in total. The molecule has 2 aromatic rings. The van der Waals surface area contributed by atoms with Crippen LogP contribution in [0.4, 0.5) is 5.69 Å². The molecule has 0 bridgehead atoms. The van der Waals surface area contributed by atoms with Gasteiger partial charge in [-0.2, -0.15) is 0 Å². The Morgan fingerprint density at radius 3 is 2.45 bits per heavy atom. The first-order valence-electron chi connectivity index (χ1n) is 8.97. The zero-order valence-corrected chi connectivity index (χ0v) is 18.2. The predicted molar refractivity (Wildman–Crippen MR) is 114 cm³/mol. The van der Waals surface area contributed by atoms with Crippen LogP contribution in [0.1, 0.15) is 35.3 Å². The molecule has 0 unspecified atom stereocenters. The van der Waals surface area contributed by atoms with Crippen molar-refractivity contribution in [2.24, 2.45) is 0 Å². The molecule has 0 aliphatic heterocycles. The molecule has 0 aliphatic rings. The summed E-state index contributed by atoms with van der Waals surface area (Å²) in [4.78, 5) is 24.7. The molecule has 2 aromatic carbocycles. The fourth-order valence-electron chi connectivity index (χ4n) is 2.58. The summed E-state index contributed by atoms with van der Waals surface area (Å²) < 4.78 is 27.2. The Labute approximate surface area is 175 Å². The molecule has 156 valence electrons. The summed E-state index contributed by atoms with van der Waals surface area (Å²) in [6, 6.07) is 9.15. The van der Waals surface area contributed by atoms with E-state index in [0.29, 0.717) is 16.3 Å². The number of sulfonamides is 1. The van der Waals surface area contributed by atoms with Gasteiger partial charge in [-0.05, 0) is 63.1 Å². The number of amides is 2. The van der Waals surface area contributed by atoms with E-state index in [-0.39, 0.29) is 23.0 Å². The zero-order chi connectivity index (χ0) is 21.8. The van der Waals surface area contributed by atoms with Crippen molar-refractivity contribution in [3.63, 3.8) is 0 Å². The van der Waals surface area contributed by atoms with Crippen molar-refractivity contribution < 1.29 is 18.0 Å². The highest BCUT2D eigenvalue weighted by atomic mass is 35.5. The number of carbonyl (C=O) groups is 2. The first kappa shape index (κ1) is 22.9. The van der Waals surface area contributed by atoms with E-state index in [1.807, 2.05) is 0 Å². The van der Waals surface area contributed by atoms with Crippen LogP contribution in [0.2, 0.25) is 5.02 Å². The minimum atomic E-state index is -3.73. The third kappa shape index (κ3) is 6.03. The fraction of sp³-hybridized carbons (Fsp3) is 0.300. The average molecular weight is 438 g/mol. The number of carbonyl (C=O) groups excluding carboxylic acids is 2. The third-order valence-electron chi connectivity index (χ3n) is 4.11. The summed E-state index contributed by atoms with van der Waals surface area (Å²) in [5.74, 6) is -0.964. The van der Waals surface area contributed by atoms with Gasteiger partial charge in [0.15, 0.2) is 0 Å². The molecule has 0 fully saturated rings. The maximum Gasteiger partial charge on any atom is 0.252 e. The molecule has 7 nitrogen and oxygen atoms in total. The molecule has 0 saturated heterocycles.